The van der Waals surface area contributed by atoms with E-state index >= 15 is 0 Å². The zero-order valence-electron chi connectivity index (χ0n) is 9.77. The van der Waals surface area contributed by atoms with Crippen molar-refractivity contribution in [3.63, 3.8) is 0 Å². The molecule has 5 nitrogen and oxygen atoms in total. The van der Waals surface area contributed by atoms with Gasteiger partial charge in [-0.05, 0) is 19.1 Å². The quantitative estimate of drug-likeness (QED) is 0.812. The number of nitrogens with zero attached hydrogens (tertiary/aromatic N) is 1. The molecule has 1 heterocycles. The summed E-state index contributed by atoms with van der Waals surface area (Å²) in [7, 11) is 1.54. The molecule has 1 aromatic rings. The molecule has 1 aromatic carbocycles. The van der Waals surface area contributed by atoms with Gasteiger partial charge in [0.25, 0.3) is 5.91 Å². The van der Waals surface area contributed by atoms with E-state index in [9.17, 15) is 9.59 Å². The van der Waals surface area contributed by atoms with Gasteiger partial charge in [0.15, 0.2) is 6.10 Å². The number of carbonyl (C=O) groups is 2. The molecule has 0 fully saturated rings. The fourth-order valence-electron chi connectivity index (χ4n) is 1.74. The lowest BCUT2D eigenvalue weighted by molar-refractivity contribution is -0.128. The summed E-state index contributed by atoms with van der Waals surface area (Å²) in [5, 5.41) is 2.50. The molecular formula is C12H14N2O3. The Kier molecular flexibility index (Phi) is 2.99. The van der Waals surface area contributed by atoms with Crippen molar-refractivity contribution in [2.24, 2.45) is 0 Å². The SMILES string of the molecule is CNC(=O)CN1C(=O)[C@H](C)Oc2ccccc21. The number of benzene rings is 1. The molecule has 1 atom stereocenters. The van der Waals surface area contributed by atoms with Crippen molar-refractivity contribution in [2.75, 3.05) is 18.5 Å². The van der Waals surface area contributed by atoms with Crippen molar-refractivity contribution >= 4 is 17.5 Å². The minimum atomic E-state index is -0.561. The Labute approximate surface area is 99.4 Å². The van der Waals surface area contributed by atoms with Gasteiger partial charge in [-0.15, -0.1) is 0 Å². The molecule has 90 valence electrons. The number of para-hydroxylation sites is 2. The second-order valence-electron chi connectivity index (χ2n) is 3.83. The molecule has 0 unspecified atom stereocenters. The second-order valence-corrected chi connectivity index (χ2v) is 3.83. The molecule has 0 saturated carbocycles. The summed E-state index contributed by atoms with van der Waals surface area (Å²) >= 11 is 0. The Morgan fingerprint density at radius 2 is 2.18 bits per heavy atom. The van der Waals surface area contributed by atoms with Gasteiger partial charge in [0, 0.05) is 7.05 Å². The molecule has 1 aliphatic rings. The van der Waals surface area contributed by atoms with Crippen LogP contribution in [-0.4, -0.2) is 31.5 Å². The maximum atomic E-state index is 12.0. The third-order valence-corrected chi connectivity index (χ3v) is 2.65. The normalized spacial score (nSPS) is 18.4. The molecule has 1 aliphatic heterocycles. The Hall–Kier alpha value is -2.04. The summed E-state index contributed by atoms with van der Waals surface area (Å²) in [5.41, 5.74) is 0.638. The van der Waals surface area contributed by atoms with Gasteiger partial charge in [-0.2, -0.15) is 0 Å². The maximum absolute atomic E-state index is 12.0. The third-order valence-electron chi connectivity index (χ3n) is 2.65. The Bertz CT molecular complexity index is 459. The van der Waals surface area contributed by atoms with Gasteiger partial charge in [0.2, 0.25) is 5.91 Å². The van der Waals surface area contributed by atoms with E-state index in [1.807, 2.05) is 12.1 Å². The molecule has 5 heteroatoms. The summed E-state index contributed by atoms with van der Waals surface area (Å²) < 4.78 is 5.47. The fourth-order valence-corrected chi connectivity index (χ4v) is 1.74. The second kappa shape index (κ2) is 4.45. The number of rotatable bonds is 2. The number of nitrogens with one attached hydrogen (secondary N) is 1. The minimum absolute atomic E-state index is 0.0139. The van der Waals surface area contributed by atoms with Crippen LogP contribution in [0.5, 0.6) is 5.75 Å². The number of carbonyl (C=O) groups excluding carboxylic acids is 2. The molecule has 0 radical (unpaired) electrons. The molecule has 0 aliphatic carbocycles. The van der Waals surface area contributed by atoms with Crippen LogP contribution in [0.3, 0.4) is 0 Å². The Morgan fingerprint density at radius 1 is 1.47 bits per heavy atom. The monoisotopic (exact) mass is 234 g/mol. The molecule has 2 rings (SSSR count). The lowest BCUT2D eigenvalue weighted by Gasteiger charge is -2.32. The van der Waals surface area contributed by atoms with Crippen LogP contribution in [0.2, 0.25) is 0 Å². The first-order chi connectivity index (χ1) is 8.13. The van der Waals surface area contributed by atoms with E-state index in [-0.39, 0.29) is 18.4 Å². The van der Waals surface area contributed by atoms with Gasteiger partial charge in [-0.1, -0.05) is 12.1 Å². The summed E-state index contributed by atoms with van der Waals surface area (Å²) in [6.45, 7) is 1.69. The van der Waals surface area contributed by atoms with Crippen molar-refractivity contribution in [1.29, 1.82) is 0 Å². The molecule has 0 bridgehead atoms. The summed E-state index contributed by atoms with van der Waals surface area (Å²) in [5.74, 6) is 0.220. The first-order valence-corrected chi connectivity index (χ1v) is 5.41. The number of amides is 2. The van der Waals surface area contributed by atoms with Gasteiger partial charge >= 0.3 is 0 Å². The van der Waals surface area contributed by atoms with Crippen molar-refractivity contribution in [3.8, 4) is 5.75 Å². The van der Waals surface area contributed by atoms with Gasteiger partial charge < -0.3 is 10.1 Å². The first kappa shape index (κ1) is 11.4. The van der Waals surface area contributed by atoms with E-state index in [0.717, 1.165) is 0 Å². The van der Waals surface area contributed by atoms with Crippen molar-refractivity contribution in [3.05, 3.63) is 24.3 Å². The zero-order valence-corrected chi connectivity index (χ0v) is 9.77. The minimum Gasteiger partial charge on any atom is -0.479 e. The van der Waals surface area contributed by atoms with E-state index < -0.39 is 6.10 Å². The standard InChI is InChI=1S/C12H14N2O3/c1-8-12(16)14(7-11(15)13-2)9-5-3-4-6-10(9)17-8/h3-6,8H,7H2,1-2H3,(H,13,15)/t8-/m0/s1. The number of anilines is 1. The van der Waals surface area contributed by atoms with Crippen LogP contribution < -0.4 is 15.0 Å². The van der Waals surface area contributed by atoms with E-state index in [2.05, 4.69) is 5.32 Å². The van der Waals surface area contributed by atoms with Crippen LogP contribution in [-0.2, 0) is 9.59 Å². The van der Waals surface area contributed by atoms with Crippen LogP contribution in [0.15, 0.2) is 24.3 Å². The molecule has 1 N–H and O–H groups in total. The van der Waals surface area contributed by atoms with Crippen molar-refractivity contribution in [1.82, 2.24) is 5.32 Å². The number of hydrogen-bond donors (Lipinski definition) is 1. The maximum Gasteiger partial charge on any atom is 0.268 e. The molecule has 0 saturated heterocycles. The van der Waals surface area contributed by atoms with Crippen molar-refractivity contribution < 1.29 is 14.3 Å². The number of fused-ring (bicyclic) bond motifs is 1. The predicted molar refractivity (Wildman–Crippen MR) is 63.0 cm³/mol. The fraction of sp³-hybridized carbons (Fsp3) is 0.333. The lowest BCUT2D eigenvalue weighted by Crippen LogP contribution is -2.48. The Balaban J connectivity index is 2.35. The zero-order chi connectivity index (χ0) is 12.4. The van der Waals surface area contributed by atoms with Gasteiger partial charge in [-0.3, -0.25) is 14.5 Å². The van der Waals surface area contributed by atoms with Crippen LogP contribution >= 0.6 is 0 Å². The molecular weight excluding hydrogens is 220 g/mol. The van der Waals surface area contributed by atoms with Crippen LogP contribution in [0.25, 0.3) is 0 Å². The summed E-state index contributed by atoms with van der Waals surface area (Å²) in [6.07, 6.45) is -0.561. The van der Waals surface area contributed by atoms with Gasteiger partial charge in [0.1, 0.15) is 12.3 Å². The van der Waals surface area contributed by atoms with E-state index in [4.69, 9.17) is 4.74 Å². The smallest absolute Gasteiger partial charge is 0.268 e. The van der Waals surface area contributed by atoms with E-state index in [1.165, 1.54) is 4.90 Å². The number of likely N-dealkylation sites (N-methyl/N-ethyl adjacent to an activating group) is 1. The van der Waals surface area contributed by atoms with Crippen LogP contribution in [0.4, 0.5) is 5.69 Å². The topological polar surface area (TPSA) is 58.6 Å². The average Bonchev–Trinajstić information content (AvgIpc) is 2.34. The highest BCUT2D eigenvalue weighted by atomic mass is 16.5. The highest BCUT2D eigenvalue weighted by molar-refractivity contribution is 6.03. The van der Waals surface area contributed by atoms with Gasteiger partial charge in [0.05, 0.1) is 5.69 Å². The van der Waals surface area contributed by atoms with E-state index in [1.54, 1.807) is 26.1 Å². The largest absolute Gasteiger partial charge is 0.479 e. The molecule has 0 spiro atoms. The summed E-state index contributed by atoms with van der Waals surface area (Å²) in [6, 6.07) is 7.19. The van der Waals surface area contributed by atoms with E-state index in [0.29, 0.717) is 11.4 Å². The highest BCUT2D eigenvalue weighted by Gasteiger charge is 2.32. The van der Waals surface area contributed by atoms with Crippen LogP contribution in [0.1, 0.15) is 6.92 Å². The Morgan fingerprint density at radius 3 is 2.88 bits per heavy atom. The first-order valence-electron chi connectivity index (χ1n) is 5.41. The summed E-state index contributed by atoms with van der Waals surface area (Å²) in [4.78, 5) is 24.8. The van der Waals surface area contributed by atoms with Gasteiger partial charge in [-0.25, -0.2) is 0 Å². The molecule has 2 amide bonds. The van der Waals surface area contributed by atoms with Crippen molar-refractivity contribution in [2.45, 2.75) is 13.0 Å². The van der Waals surface area contributed by atoms with Crippen LogP contribution in [0, 0.1) is 0 Å². The highest BCUT2D eigenvalue weighted by Crippen LogP contribution is 2.33. The lowest BCUT2D eigenvalue weighted by atomic mass is 10.2. The molecule has 0 aromatic heterocycles. The third kappa shape index (κ3) is 2.08. The number of hydrogen-bond acceptors (Lipinski definition) is 3. The predicted octanol–water partition coefficient (Wildman–Crippen LogP) is 0.546. The number of ether oxygens (including phenoxy) is 1. The molecule has 17 heavy (non-hydrogen) atoms. The average molecular weight is 234 g/mol.